The third-order valence-corrected chi connectivity index (χ3v) is 4.43. The van der Waals surface area contributed by atoms with Gasteiger partial charge >= 0.3 is 0 Å². The van der Waals surface area contributed by atoms with Crippen LogP contribution in [0.15, 0.2) is 30.3 Å². The third kappa shape index (κ3) is 5.50. The van der Waals surface area contributed by atoms with E-state index in [1.165, 1.54) is 6.07 Å². The number of hydrogen-bond donors (Lipinski definition) is 2. The first-order valence-electron chi connectivity index (χ1n) is 8.32. The number of anilines is 2. The Kier molecular flexibility index (Phi) is 9.00. The number of nitrogens with zero attached hydrogens (tertiary/aromatic N) is 2. The number of pyridine rings is 1. The van der Waals surface area contributed by atoms with Crippen molar-refractivity contribution < 1.29 is 18.0 Å². The highest BCUT2D eigenvalue weighted by Crippen LogP contribution is 2.21. The molecule has 0 atom stereocenters. The molecule has 3 rings (SSSR count). The molecule has 28 heavy (non-hydrogen) atoms. The third-order valence-electron chi connectivity index (χ3n) is 4.43. The lowest BCUT2D eigenvalue weighted by Gasteiger charge is -2.32. The molecule has 2 N–H and O–H groups in total. The van der Waals surface area contributed by atoms with Crippen molar-refractivity contribution >= 4 is 42.4 Å². The van der Waals surface area contributed by atoms with Gasteiger partial charge in [0.2, 0.25) is 0 Å². The minimum atomic E-state index is -1.26. The number of halogens is 5. The Morgan fingerprint density at radius 3 is 2.36 bits per heavy atom. The highest BCUT2D eigenvalue weighted by atomic mass is 35.5. The number of nitrogens with one attached hydrogen (secondary N) is 2. The molecule has 1 aromatic carbocycles. The van der Waals surface area contributed by atoms with Crippen molar-refractivity contribution in [2.45, 2.75) is 18.9 Å². The van der Waals surface area contributed by atoms with E-state index < -0.39 is 28.9 Å². The quantitative estimate of drug-likeness (QED) is 0.765. The Balaban J connectivity index is 0.00000196. The van der Waals surface area contributed by atoms with E-state index >= 15 is 0 Å². The van der Waals surface area contributed by atoms with Crippen molar-refractivity contribution in [3.05, 3.63) is 53.3 Å². The van der Waals surface area contributed by atoms with Crippen LogP contribution < -0.4 is 15.5 Å². The smallest absolute Gasteiger partial charge is 0.262 e. The van der Waals surface area contributed by atoms with Crippen LogP contribution in [-0.4, -0.2) is 37.1 Å². The number of rotatable bonds is 4. The first-order chi connectivity index (χ1) is 12.5. The van der Waals surface area contributed by atoms with Gasteiger partial charge in [-0.3, -0.25) is 4.79 Å². The Morgan fingerprint density at radius 1 is 1.14 bits per heavy atom. The van der Waals surface area contributed by atoms with Crippen LogP contribution in [0.2, 0.25) is 0 Å². The fourth-order valence-corrected chi connectivity index (χ4v) is 3.01. The van der Waals surface area contributed by atoms with E-state index in [0.29, 0.717) is 24.0 Å². The second kappa shape index (κ2) is 10.5. The highest BCUT2D eigenvalue weighted by molar-refractivity contribution is 6.04. The number of hydrogen-bond acceptors (Lipinski definition) is 4. The molecule has 1 aromatic heterocycles. The summed E-state index contributed by atoms with van der Waals surface area (Å²) >= 11 is 0. The summed E-state index contributed by atoms with van der Waals surface area (Å²) in [5.41, 5.74) is -0.842. The molecular formula is C18H21Cl2F3N4O. The second-order valence-electron chi connectivity index (χ2n) is 6.17. The van der Waals surface area contributed by atoms with E-state index in [-0.39, 0.29) is 30.6 Å². The topological polar surface area (TPSA) is 57.3 Å². The lowest BCUT2D eigenvalue weighted by molar-refractivity contribution is 0.101. The van der Waals surface area contributed by atoms with Crippen molar-refractivity contribution in [2.24, 2.45) is 0 Å². The maximum Gasteiger partial charge on any atom is 0.262 e. The number of benzene rings is 1. The summed E-state index contributed by atoms with van der Waals surface area (Å²) in [5, 5.41) is 5.66. The molecule has 0 bridgehead atoms. The Bertz CT molecular complexity index is 796. The molecule has 10 heteroatoms. The van der Waals surface area contributed by atoms with E-state index in [0.717, 1.165) is 25.9 Å². The number of amides is 1. The van der Waals surface area contributed by atoms with E-state index in [9.17, 15) is 18.0 Å². The summed E-state index contributed by atoms with van der Waals surface area (Å²) < 4.78 is 40.5. The van der Waals surface area contributed by atoms with Crippen LogP contribution in [0.1, 0.15) is 23.2 Å². The van der Waals surface area contributed by atoms with Crippen LogP contribution in [0.25, 0.3) is 0 Å². The summed E-state index contributed by atoms with van der Waals surface area (Å²) in [4.78, 5) is 18.5. The van der Waals surface area contributed by atoms with Gasteiger partial charge in [0, 0.05) is 25.2 Å². The molecule has 0 radical (unpaired) electrons. The lowest BCUT2D eigenvalue weighted by Crippen LogP contribution is -2.41. The van der Waals surface area contributed by atoms with Crippen LogP contribution >= 0.6 is 24.8 Å². The molecule has 0 unspecified atom stereocenters. The monoisotopic (exact) mass is 436 g/mol. The van der Waals surface area contributed by atoms with Gasteiger partial charge < -0.3 is 15.5 Å². The SMILES string of the molecule is CN(c1cccc(NC(=O)c2c(F)cc(F)cc2F)n1)C1CCNCC1.Cl.Cl. The molecule has 154 valence electrons. The van der Waals surface area contributed by atoms with Gasteiger partial charge in [0.25, 0.3) is 5.91 Å². The van der Waals surface area contributed by atoms with Gasteiger partial charge in [-0.1, -0.05) is 6.07 Å². The van der Waals surface area contributed by atoms with Crippen molar-refractivity contribution in [1.29, 1.82) is 0 Å². The molecule has 1 aliphatic heterocycles. The molecule has 2 aromatic rings. The van der Waals surface area contributed by atoms with Crippen molar-refractivity contribution in [1.82, 2.24) is 10.3 Å². The fourth-order valence-electron chi connectivity index (χ4n) is 3.01. The van der Waals surface area contributed by atoms with Crippen LogP contribution in [-0.2, 0) is 0 Å². The fraction of sp³-hybridized carbons (Fsp3) is 0.333. The average molecular weight is 437 g/mol. The standard InChI is InChI=1S/C18H19F3N4O.2ClH/c1-25(12-5-7-22-8-6-12)16-4-2-3-15(23-16)24-18(26)17-13(20)9-11(19)10-14(17)21;;/h2-4,9-10,12,22H,5-8H2,1H3,(H,23,24,26);2*1H. The Morgan fingerprint density at radius 2 is 1.75 bits per heavy atom. The Labute approximate surface area is 173 Å². The van der Waals surface area contributed by atoms with Crippen molar-refractivity contribution in [3.63, 3.8) is 0 Å². The van der Waals surface area contributed by atoms with Crippen molar-refractivity contribution in [3.8, 4) is 0 Å². The Hall–Kier alpha value is -2.03. The zero-order valence-corrected chi connectivity index (χ0v) is 16.7. The predicted molar refractivity (Wildman–Crippen MR) is 107 cm³/mol. The average Bonchev–Trinajstić information content (AvgIpc) is 2.61. The molecule has 2 heterocycles. The molecule has 1 amide bonds. The van der Waals surface area contributed by atoms with Gasteiger partial charge in [-0.15, -0.1) is 24.8 Å². The molecule has 1 fully saturated rings. The van der Waals surface area contributed by atoms with Gasteiger partial charge in [-0.05, 0) is 38.1 Å². The first-order valence-corrected chi connectivity index (χ1v) is 8.32. The summed E-state index contributed by atoms with van der Waals surface area (Å²) in [5.74, 6) is -3.81. The number of piperidine rings is 1. The largest absolute Gasteiger partial charge is 0.357 e. The predicted octanol–water partition coefficient (Wildman–Crippen LogP) is 3.78. The number of aromatic nitrogens is 1. The van der Waals surface area contributed by atoms with E-state index in [4.69, 9.17) is 0 Å². The zero-order valence-electron chi connectivity index (χ0n) is 15.0. The zero-order chi connectivity index (χ0) is 18.7. The van der Waals surface area contributed by atoms with E-state index in [2.05, 4.69) is 15.6 Å². The summed E-state index contributed by atoms with van der Waals surface area (Å²) in [6, 6.07) is 6.28. The minimum absolute atomic E-state index is 0. The highest BCUT2D eigenvalue weighted by Gasteiger charge is 2.21. The maximum atomic E-state index is 13.7. The van der Waals surface area contributed by atoms with Gasteiger partial charge in [0.15, 0.2) is 0 Å². The summed E-state index contributed by atoms with van der Waals surface area (Å²) in [7, 11) is 1.92. The molecule has 0 spiro atoms. The van der Waals surface area contributed by atoms with Gasteiger partial charge in [-0.2, -0.15) is 0 Å². The molecule has 0 aliphatic carbocycles. The lowest BCUT2D eigenvalue weighted by atomic mass is 10.1. The van der Waals surface area contributed by atoms with Crippen LogP contribution in [0.4, 0.5) is 24.8 Å². The van der Waals surface area contributed by atoms with Crippen molar-refractivity contribution in [2.75, 3.05) is 30.4 Å². The summed E-state index contributed by atoms with van der Waals surface area (Å²) in [6.45, 7) is 1.85. The maximum absolute atomic E-state index is 13.7. The number of carbonyl (C=O) groups excluding carboxylic acids is 1. The normalized spacial score (nSPS) is 13.9. The van der Waals surface area contributed by atoms with Crippen LogP contribution in [0.3, 0.4) is 0 Å². The first kappa shape index (κ1) is 24.0. The van der Waals surface area contributed by atoms with Gasteiger partial charge in [0.05, 0.1) is 0 Å². The molecule has 5 nitrogen and oxygen atoms in total. The minimum Gasteiger partial charge on any atom is -0.357 e. The van der Waals surface area contributed by atoms with E-state index in [1.807, 2.05) is 11.9 Å². The van der Waals surface area contributed by atoms with E-state index in [1.54, 1.807) is 12.1 Å². The van der Waals surface area contributed by atoms with Crippen LogP contribution in [0.5, 0.6) is 0 Å². The molecule has 1 saturated heterocycles. The van der Waals surface area contributed by atoms with Gasteiger partial charge in [0.1, 0.15) is 34.7 Å². The second-order valence-corrected chi connectivity index (χ2v) is 6.17. The van der Waals surface area contributed by atoms with Crippen LogP contribution in [0, 0.1) is 17.5 Å². The molecule has 0 saturated carbocycles. The molecular weight excluding hydrogens is 416 g/mol. The number of carbonyl (C=O) groups is 1. The summed E-state index contributed by atoms with van der Waals surface area (Å²) in [6.07, 6.45) is 1.95. The molecule has 1 aliphatic rings. The van der Waals surface area contributed by atoms with Gasteiger partial charge in [-0.25, -0.2) is 18.2 Å².